The fraction of sp³-hybridized carbons (Fsp3) is 0.312. The van der Waals surface area contributed by atoms with Crippen molar-refractivity contribution in [2.75, 3.05) is 20.8 Å². The van der Waals surface area contributed by atoms with Gasteiger partial charge in [-0.2, -0.15) is 13.2 Å². The predicted octanol–water partition coefficient (Wildman–Crippen LogP) is 3.41. The van der Waals surface area contributed by atoms with E-state index in [1.165, 1.54) is 4.90 Å². The van der Waals surface area contributed by atoms with Gasteiger partial charge in [0.15, 0.2) is 0 Å². The molecular formula is C32H39F3N5O8P. The summed E-state index contributed by atoms with van der Waals surface area (Å²) in [5.74, 6) is -4.31. The second kappa shape index (κ2) is 16.3. The van der Waals surface area contributed by atoms with E-state index >= 15 is 0 Å². The summed E-state index contributed by atoms with van der Waals surface area (Å²) in [5, 5.41) is 20.2. The van der Waals surface area contributed by atoms with E-state index in [0.717, 1.165) is 30.9 Å². The van der Waals surface area contributed by atoms with Crippen molar-refractivity contribution >= 4 is 31.3 Å². The normalized spacial score (nSPS) is 16.1. The van der Waals surface area contributed by atoms with Gasteiger partial charge in [0, 0.05) is 0 Å². The first-order valence-corrected chi connectivity index (χ1v) is 16.8. The molecule has 2 atom stereocenters. The van der Waals surface area contributed by atoms with Crippen LogP contribution in [0.3, 0.4) is 0 Å². The topological polar surface area (TPSA) is 208 Å². The average molecular weight is 710 g/mol. The number of carboxylic acids is 1. The molecule has 1 aliphatic rings. The van der Waals surface area contributed by atoms with Crippen molar-refractivity contribution in [2.24, 2.45) is 5.73 Å². The number of nitrogens with zero attached hydrogens (tertiary/aromatic N) is 1. The van der Waals surface area contributed by atoms with E-state index in [-0.39, 0.29) is 18.3 Å². The minimum absolute atomic E-state index is 0.0421. The van der Waals surface area contributed by atoms with Crippen LogP contribution in [0.15, 0.2) is 84.9 Å². The maximum absolute atomic E-state index is 14.4. The van der Waals surface area contributed by atoms with Crippen LogP contribution in [0.1, 0.15) is 41.0 Å². The van der Waals surface area contributed by atoms with E-state index < -0.39 is 43.7 Å². The maximum Gasteiger partial charge on any atom is 0.490 e. The number of likely N-dealkylation sites (tertiary alicyclic amines) is 1. The summed E-state index contributed by atoms with van der Waals surface area (Å²) in [4.78, 5) is 60.4. The number of carbonyl (C=O) groups is 3. The number of nitrogens with one attached hydrogen (secondary N) is 3. The number of aliphatic carboxylic acids is 1. The van der Waals surface area contributed by atoms with Gasteiger partial charge in [-0.3, -0.25) is 5.41 Å². The molecule has 8 N–H and O–H groups in total. The Morgan fingerprint density at radius 2 is 1.45 bits per heavy atom. The van der Waals surface area contributed by atoms with Gasteiger partial charge in [0.1, 0.15) is 5.84 Å². The number of nitrogen functional groups attached to an aromatic ring is 1. The van der Waals surface area contributed by atoms with Crippen LogP contribution in [0.4, 0.5) is 13.2 Å². The Hall–Kier alpha value is -4.44. The van der Waals surface area contributed by atoms with Crippen molar-refractivity contribution in [2.45, 2.75) is 43.6 Å². The number of halogens is 3. The van der Waals surface area contributed by atoms with Gasteiger partial charge >= 0.3 is 241 Å². The first-order valence-electron chi connectivity index (χ1n) is 14.8. The van der Waals surface area contributed by atoms with Gasteiger partial charge in [0.25, 0.3) is 0 Å². The number of amides is 2. The predicted molar refractivity (Wildman–Crippen MR) is 175 cm³/mol. The second-order valence-corrected chi connectivity index (χ2v) is 13.7. The molecule has 3 aromatic rings. The van der Waals surface area contributed by atoms with Crippen LogP contribution in [0, 0.1) is 5.41 Å². The minimum Gasteiger partial charge on any atom is -0.475 e. The van der Waals surface area contributed by atoms with Crippen molar-refractivity contribution < 1.29 is 51.5 Å². The molecular weight excluding hydrogens is 670 g/mol. The van der Waals surface area contributed by atoms with E-state index in [1.54, 1.807) is 24.3 Å². The summed E-state index contributed by atoms with van der Waals surface area (Å²) >= 11 is 0. The molecule has 13 nitrogen and oxygen atoms in total. The third kappa shape index (κ3) is 10.5. The van der Waals surface area contributed by atoms with Crippen molar-refractivity contribution in [1.29, 1.82) is 5.41 Å². The zero-order chi connectivity index (χ0) is 36.4. The molecule has 1 saturated heterocycles. The number of rotatable bonds is 12. The van der Waals surface area contributed by atoms with Crippen molar-refractivity contribution in [3.8, 4) is 0 Å². The molecule has 0 spiro atoms. The fourth-order valence-corrected chi connectivity index (χ4v) is 6.27. The molecule has 49 heavy (non-hydrogen) atoms. The van der Waals surface area contributed by atoms with Gasteiger partial charge in [-0.1, -0.05) is 0 Å². The quantitative estimate of drug-likeness (QED) is 0.0829. The zero-order valence-corrected chi connectivity index (χ0v) is 27.5. The van der Waals surface area contributed by atoms with E-state index in [9.17, 15) is 32.5 Å². The minimum atomic E-state index is -5.44. The summed E-state index contributed by atoms with van der Waals surface area (Å²) in [5.41, 5.74) is 8.41. The number of amidine groups is 1. The number of hydrogen-bond donors (Lipinski definition) is 7. The molecule has 0 aromatic heterocycles. The largest absolute Gasteiger partial charge is 0.490 e. The van der Waals surface area contributed by atoms with E-state index in [1.807, 2.05) is 60.7 Å². The molecule has 2 amide bonds. The molecule has 0 aliphatic carbocycles. The van der Waals surface area contributed by atoms with Gasteiger partial charge in [-0.25, -0.2) is 4.79 Å². The number of carbonyl (C=O) groups excluding carboxylic acids is 2. The maximum atomic E-state index is 14.4. The number of carboxylic acid groups (broad SMARTS) is 1. The van der Waals surface area contributed by atoms with Gasteiger partial charge < -0.3 is 10.8 Å². The van der Waals surface area contributed by atoms with Crippen molar-refractivity contribution in [3.05, 3.63) is 107 Å². The third-order valence-electron chi connectivity index (χ3n) is 7.75. The Labute approximate surface area is 280 Å². The van der Waals surface area contributed by atoms with Gasteiger partial charge in [0.2, 0.25) is 0 Å². The van der Waals surface area contributed by atoms with Crippen LogP contribution < -0.4 is 16.1 Å². The Kier molecular flexibility index (Phi) is 13.0. The zero-order valence-electron chi connectivity index (χ0n) is 26.6. The van der Waals surface area contributed by atoms with Gasteiger partial charge in [0.05, 0.1) is 0 Å². The SMILES string of the molecule is COP(O)(O)(N[C@@H](C(=O)N1CCC[C@H]1C(=O)NCc1ccc(C(=N)N)cc1)C(c1ccccc1)c1ccccc1)OC.O=C(O)C(F)(F)F. The first-order chi connectivity index (χ1) is 23.0. The van der Waals surface area contributed by atoms with Gasteiger partial charge in [-0.05, 0) is 0 Å². The number of nitrogens with two attached hydrogens (primary N) is 1. The van der Waals surface area contributed by atoms with Crippen molar-refractivity contribution in [1.82, 2.24) is 15.3 Å². The molecule has 0 bridgehead atoms. The smallest absolute Gasteiger partial charge is 0.475 e. The first kappa shape index (κ1) is 39.0. The van der Waals surface area contributed by atoms with Crippen LogP contribution in [0.5, 0.6) is 0 Å². The molecule has 1 fully saturated rings. The second-order valence-electron chi connectivity index (χ2n) is 11.0. The Morgan fingerprint density at radius 1 is 0.959 bits per heavy atom. The Balaban J connectivity index is 0.000000838. The van der Waals surface area contributed by atoms with E-state index in [2.05, 4.69) is 10.4 Å². The average Bonchev–Trinajstić information content (AvgIpc) is 3.58. The molecule has 4 rings (SSSR count). The fourth-order valence-electron chi connectivity index (χ4n) is 5.18. The van der Waals surface area contributed by atoms with E-state index in [0.29, 0.717) is 24.9 Å². The number of benzene rings is 3. The molecule has 17 heteroatoms. The monoisotopic (exact) mass is 709 g/mol. The van der Waals surface area contributed by atoms with Crippen LogP contribution in [-0.4, -0.2) is 82.4 Å². The molecule has 266 valence electrons. The van der Waals surface area contributed by atoms with Crippen LogP contribution in [0.25, 0.3) is 0 Å². The van der Waals surface area contributed by atoms with Crippen LogP contribution in [0.2, 0.25) is 0 Å². The summed E-state index contributed by atoms with van der Waals surface area (Å²) in [6.07, 6.45) is -4.03. The summed E-state index contributed by atoms with van der Waals surface area (Å²) < 4.78 is 41.9. The number of hydrogen-bond acceptors (Lipinski definition) is 9. The molecule has 0 saturated carbocycles. The van der Waals surface area contributed by atoms with Crippen LogP contribution in [-0.2, 0) is 30.0 Å². The molecule has 1 heterocycles. The van der Waals surface area contributed by atoms with Gasteiger partial charge in [-0.15, -0.1) is 0 Å². The molecule has 1 aliphatic heterocycles. The van der Waals surface area contributed by atoms with Crippen molar-refractivity contribution in [3.63, 3.8) is 0 Å². The molecule has 0 radical (unpaired) electrons. The Morgan fingerprint density at radius 3 is 1.88 bits per heavy atom. The summed E-state index contributed by atoms with van der Waals surface area (Å²) in [7, 11) is -3.26. The standard InChI is InChI=1S/C30H38N5O6P.C2HF3O2/c1-40-42(38,39,41-2)34-27(26(22-10-5-3-6-11-22)23-12-7-4-8-13-23)30(37)35-19-9-14-25(35)29(36)33-20-21-15-17-24(18-16-21)28(31)32;3-2(4,5)1(6)7/h3-8,10-13,15-18,25-27,34,38-39H,9,14,19-20H2,1-2H3,(H3,31,32)(H,33,36);(H,6,7)/t25-,27+;/m0./s1. The molecule has 3 aromatic carbocycles. The number of alkyl halides is 3. The Bertz CT molecular complexity index is 1550. The van der Waals surface area contributed by atoms with E-state index in [4.69, 9.17) is 30.1 Å². The van der Waals surface area contributed by atoms with Crippen LogP contribution >= 0.6 is 7.66 Å². The summed E-state index contributed by atoms with van der Waals surface area (Å²) in [6.45, 7) is 0.538. The summed E-state index contributed by atoms with van der Waals surface area (Å²) in [6, 6.07) is 23.4. The third-order valence-corrected chi connectivity index (χ3v) is 9.78. The molecule has 0 unspecified atom stereocenters.